The van der Waals surface area contributed by atoms with E-state index >= 15 is 0 Å². The standard InChI is InChI=1S/C20H29N3O2/c1-14-6-8-22(9-7-14)20(25)13-23-18-12-16(3)15(2)11-17(18)21-19(23)5-4-10-24/h11-12,14,24H,4-10,13H2,1-3H3. The molecule has 0 spiro atoms. The van der Waals surface area contributed by atoms with Crippen molar-refractivity contribution < 1.29 is 9.90 Å². The van der Waals surface area contributed by atoms with Crippen molar-refractivity contribution in [3.63, 3.8) is 0 Å². The second kappa shape index (κ2) is 7.56. The maximum atomic E-state index is 12.8. The summed E-state index contributed by atoms with van der Waals surface area (Å²) in [5, 5.41) is 9.18. The van der Waals surface area contributed by atoms with Crippen molar-refractivity contribution >= 4 is 16.9 Å². The molecule has 1 aromatic carbocycles. The molecule has 5 heteroatoms. The predicted molar refractivity (Wildman–Crippen MR) is 99.6 cm³/mol. The van der Waals surface area contributed by atoms with E-state index in [9.17, 15) is 9.90 Å². The number of aryl methyl sites for hydroxylation is 3. The summed E-state index contributed by atoms with van der Waals surface area (Å²) >= 11 is 0. The number of piperidine rings is 1. The van der Waals surface area contributed by atoms with Gasteiger partial charge in [0.05, 0.1) is 11.0 Å². The molecule has 1 saturated heterocycles. The molecule has 25 heavy (non-hydrogen) atoms. The molecule has 3 rings (SSSR count). The van der Waals surface area contributed by atoms with Crippen LogP contribution in [0.5, 0.6) is 0 Å². The van der Waals surface area contributed by atoms with Crippen LogP contribution >= 0.6 is 0 Å². The molecule has 0 unspecified atom stereocenters. The van der Waals surface area contributed by atoms with Crippen molar-refractivity contribution in [2.75, 3.05) is 19.7 Å². The fraction of sp³-hybridized carbons (Fsp3) is 0.600. The molecule has 0 radical (unpaired) electrons. The van der Waals surface area contributed by atoms with E-state index in [4.69, 9.17) is 4.98 Å². The summed E-state index contributed by atoms with van der Waals surface area (Å²) in [6, 6.07) is 4.22. The molecule has 1 aromatic heterocycles. The summed E-state index contributed by atoms with van der Waals surface area (Å²) in [5.41, 5.74) is 4.38. The lowest BCUT2D eigenvalue weighted by molar-refractivity contribution is -0.133. The van der Waals surface area contributed by atoms with Crippen molar-refractivity contribution in [2.45, 2.75) is 53.0 Å². The zero-order valence-corrected chi connectivity index (χ0v) is 15.6. The second-order valence-electron chi connectivity index (χ2n) is 7.43. The largest absolute Gasteiger partial charge is 0.396 e. The Morgan fingerprint density at radius 2 is 1.92 bits per heavy atom. The van der Waals surface area contributed by atoms with Crippen LogP contribution in [0.3, 0.4) is 0 Å². The van der Waals surface area contributed by atoms with Crippen molar-refractivity contribution in [1.29, 1.82) is 0 Å². The zero-order chi connectivity index (χ0) is 18.0. The van der Waals surface area contributed by atoms with Gasteiger partial charge in [0.15, 0.2) is 0 Å². The molecule has 0 bridgehead atoms. The van der Waals surface area contributed by atoms with Crippen LogP contribution in [0.1, 0.15) is 43.1 Å². The minimum absolute atomic E-state index is 0.138. The van der Waals surface area contributed by atoms with E-state index in [2.05, 4.69) is 37.5 Å². The van der Waals surface area contributed by atoms with E-state index in [0.29, 0.717) is 25.3 Å². The van der Waals surface area contributed by atoms with Gasteiger partial charge in [0.25, 0.3) is 0 Å². The number of aliphatic hydroxyl groups is 1. The topological polar surface area (TPSA) is 58.4 Å². The summed E-state index contributed by atoms with van der Waals surface area (Å²) in [5.74, 6) is 1.78. The lowest BCUT2D eigenvalue weighted by atomic mass is 9.99. The van der Waals surface area contributed by atoms with Gasteiger partial charge in [-0.15, -0.1) is 0 Å². The normalized spacial score (nSPS) is 15.9. The second-order valence-corrected chi connectivity index (χ2v) is 7.43. The van der Waals surface area contributed by atoms with Gasteiger partial charge in [-0.25, -0.2) is 4.98 Å². The molecule has 0 aliphatic carbocycles. The minimum Gasteiger partial charge on any atom is -0.396 e. The van der Waals surface area contributed by atoms with Crippen LogP contribution in [-0.2, 0) is 17.8 Å². The van der Waals surface area contributed by atoms with Crippen LogP contribution in [-0.4, -0.2) is 45.2 Å². The number of aromatic nitrogens is 2. The number of nitrogens with zero attached hydrogens (tertiary/aromatic N) is 3. The Labute approximate surface area is 149 Å². The number of imidazole rings is 1. The van der Waals surface area contributed by atoms with Crippen LogP contribution in [0.2, 0.25) is 0 Å². The quantitative estimate of drug-likeness (QED) is 0.908. The highest BCUT2D eigenvalue weighted by Gasteiger charge is 2.22. The van der Waals surface area contributed by atoms with E-state index in [0.717, 1.165) is 42.8 Å². The van der Waals surface area contributed by atoms with Crippen molar-refractivity contribution in [1.82, 2.24) is 14.5 Å². The molecule has 2 heterocycles. The van der Waals surface area contributed by atoms with E-state index in [1.807, 2.05) is 4.90 Å². The molecular weight excluding hydrogens is 314 g/mol. The molecule has 2 aromatic rings. The van der Waals surface area contributed by atoms with Gasteiger partial charge in [0.2, 0.25) is 5.91 Å². The lowest BCUT2D eigenvalue weighted by Crippen LogP contribution is -2.39. The Kier molecular flexibility index (Phi) is 5.42. The first-order chi connectivity index (χ1) is 12.0. The first-order valence-electron chi connectivity index (χ1n) is 9.34. The van der Waals surface area contributed by atoms with Crippen molar-refractivity contribution in [2.24, 2.45) is 5.92 Å². The van der Waals surface area contributed by atoms with Crippen LogP contribution in [0.4, 0.5) is 0 Å². The van der Waals surface area contributed by atoms with Crippen molar-refractivity contribution in [3.8, 4) is 0 Å². The molecule has 1 amide bonds. The SMILES string of the molecule is Cc1cc2nc(CCCO)n(CC(=O)N3CCC(C)CC3)c2cc1C. The van der Waals surface area contributed by atoms with Gasteiger partial charge in [0.1, 0.15) is 12.4 Å². The monoisotopic (exact) mass is 343 g/mol. The van der Waals surface area contributed by atoms with Gasteiger partial charge in [-0.1, -0.05) is 6.92 Å². The Bertz CT molecular complexity index is 758. The van der Waals surface area contributed by atoms with Crippen LogP contribution < -0.4 is 0 Å². The Morgan fingerprint density at radius 3 is 2.60 bits per heavy atom. The molecule has 1 fully saturated rings. The number of rotatable bonds is 5. The number of carbonyl (C=O) groups is 1. The highest BCUT2D eigenvalue weighted by Crippen LogP contribution is 2.23. The highest BCUT2D eigenvalue weighted by molar-refractivity contribution is 5.82. The lowest BCUT2D eigenvalue weighted by Gasteiger charge is -2.30. The van der Waals surface area contributed by atoms with Gasteiger partial charge < -0.3 is 14.6 Å². The number of hydrogen-bond acceptors (Lipinski definition) is 3. The zero-order valence-electron chi connectivity index (χ0n) is 15.6. The average Bonchev–Trinajstić information content (AvgIpc) is 2.90. The smallest absolute Gasteiger partial charge is 0.242 e. The molecule has 0 atom stereocenters. The van der Waals surface area contributed by atoms with Gasteiger partial charge >= 0.3 is 0 Å². The average molecular weight is 343 g/mol. The summed E-state index contributed by atoms with van der Waals surface area (Å²) in [7, 11) is 0. The van der Waals surface area contributed by atoms with Crippen LogP contribution in [0.25, 0.3) is 11.0 Å². The Balaban J connectivity index is 1.89. The van der Waals surface area contributed by atoms with Gasteiger partial charge in [-0.2, -0.15) is 0 Å². The number of likely N-dealkylation sites (tertiary alicyclic amines) is 1. The van der Waals surface area contributed by atoms with E-state index in [-0.39, 0.29) is 12.5 Å². The third kappa shape index (κ3) is 3.87. The minimum atomic E-state index is 0.138. The van der Waals surface area contributed by atoms with Gasteiger partial charge in [-0.05, 0) is 62.3 Å². The summed E-state index contributed by atoms with van der Waals surface area (Å²) in [4.78, 5) is 19.6. The maximum Gasteiger partial charge on any atom is 0.242 e. The molecule has 1 aliphatic rings. The molecule has 1 aliphatic heterocycles. The third-order valence-corrected chi connectivity index (χ3v) is 5.43. The number of carbonyl (C=O) groups excluding carboxylic acids is 1. The fourth-order valence-corrected chi connectivity index (χ4v) is 3.53. The highest BCUT2D eigenvalue weighted by atomic mass is 16.3. The fourth-order valence-electron chi connectivity index (χ4n) is 3.53. The van der Waals surface area contributed by atoms with E-state index in [1.165, 1.54) is 11.1 Å². The van der Waals surface area contributed by atoms with Crippen molar-refractivity contribution in [3.05, 3.63) is 29.1 Å². The summed E-state index contributed by atoms with van der Waals surface area (Å²) in [6.45, 7) is 8.62. The number of amides is 1. The van der Waals surface area contributed by atoms with E-state index in [1.54, 1.807) is 0 Å². The van der Waals surface area contributed by atoms with Gasteiger partial charge in [0, 0.05) is 26.1 Å². The number of fused-ring (bicyclic) bond motifs is 1. The predicted octanol–water partition coefficient (Wildman–Crippen LogP) is 2.84. The molecule has 1 N–H and O–H groups in total. The number of hydrogen-bond donors (Lipinski definition) is 1. The van der Waals surface area contributed by atoms with Gasteiger partial charge in [-0.3, -0.25) is 4.79 Å². The first kappa shape index (κ1) is 17.9. The molecular formula is C20H29N3O2. The maximum absolute atomic E-state index is 12.8. The number of benzene rings is 1. The van der Waals surface area contributed by atoms with Crippen LogP contribution in [0, 0.1) is 19.8 Å². The Hall–Kier alpha value is -1.88. The molecule has 136 valence electrons. The third-order valence-electron chi connectivity index (χ3n) is 5.43. The Morgan fingerprint density at radius 1 is 1.24 bits per heavy atom. The van der Waals surface area contributed by atoms with Crippen LogP contribution in [0.15, 0.2) is 12.1 Å². The number of aliphatic hydroxyl groups excluding tert-OH is 1. The molecule has 5 nitrogen and oxygen atoms in total. The summed E-state index contributed by atoms with van der Waals surface area (Å²) in [6.07, 6.45) is 3.53. The molecule has 0 saturated carbocycles. The summed E-state index contributed by atoms with van der Waals surface area (Å²) < 4.78 is 2.05. The first-order valence-corrected chi connectivity index (χ1v) is 9.34. The van der Waals surface area contributed by atoms with E-state index < -0.39 is 0 Å².